The highest BCUT2D eigenvalue weighted by atomic mass is 32.1. The lowest BCUT2D eigenvalue weighted by Crippen LogP contribution is -2.39. The maximum Gasteiger partial charge on any atom is 0.410 e. The summed E-state index contributed by atoms with van der Waals surface area (Å²) in [6.45, 7) is 6.87. The number of thiophene rings is 2. The van der Waals surface area contributed by atoms with Crippen molar-refractivity contribution in [2.24, 2.45) is 5.41 Å². The monoisotopic (exact) mass is 463 g/mol. The van der Waals surface area contributed by atoms with E-state index in [0.29, 0.717) is 29.3 Å². The number of carbonyl (C=O) groups excluding carboxylic acids is 2. The van der Waals surface area contributed by atoms with Crippen molar-refractivity contribution in [2.75, 3.05) is 13.1 Å². The highest BCUT2D eigenvalue weighted by Gasteiger charge is 2.50. The molecule has 168 valence electrons. The summed E-state index contributed by atoms with van der Waals surface area (Å²) < 4.78 is 11.4. The van der Waals surface area contributed by atoms with Gasteiger partial charge < -0.3 is 19.5 Å². The predicted octanol–water partition coefficient (Wildman–Crippen LogP) is 4.77. The summed E-state index contributed by atoms with van der Waals surface area (Å²) in [5, 5.41) is 15.1. The van der Waals surface area contributed by atoms with Gasteiger partial charge in [0.2, 0.25) is 5.60 Å². The number of hydrogen-bond donors (Lipinski definition) is 1. The summed E-state index contributed by atoms with van der Waals surface area (Å²) in [4.78, 5) is 28.5. The Hall–Kier alpha value is -1.90. The molecular formula is C23H29NO5S2. The van der Waals surface area contributed by atoms with Crippen LogP contribution >= 0.6 is 22.7 Å². The van der Waals surface area contributed by atoms with E-state index in [9.17, 15) is 14.7 Å². The van der Waals surface area contributed by atoms with Crippen molar-refractivity contribution in [1.29, 1.82) is 0 Å². The van der Waals surface area contributed by atoms with Gasteiger partial charge in [0.25, 0.3) is 0 Å². The van der Waals surface area contributed by atoms with Crippen LogP contribution in [0.15, 0.2) is 35.0 Å². The fourth-order valence-corrected chi connectivity index (χ4v) is 6.29. The van der Waals surface area contributed by atoms with Crippen LogP contribution in [0.25, 0.3) is 0 Å². The summed E-state index contributed by atoms with van der Waals surface area (Å²) in [5.41, 5.74) is -2.35. The Morgan fingerprint density at radius 3 is 2.32 bits per heavy atom. The first kappa shape index (κ1) is 22.3. The van der Waals surface area contributed by atoms with Crippen LogP contribution in [0.5, 0.6) is 0 Å². The van der Waals surface area contributed by atoms with E-state index in [4.69, 9.17) is 9.47 Å². The summed E-state index contributed by atoms with van der Waals surface area (Å²) >= 11 is 2.68. The van der Waals surface area contributed by atoms with Crippen LogP contribution in [0, 0.1) is 5.41 Å². The van der Waals surface area contributed by atoms with Gasteiger partial charge in [0, 0.05) is 13.1 Å². The number of likely N-dealkylation sites (tertiary alicyclic amines) is 1. The molecule has 2 aliphatic rings. The van der Waals surface area contributed by atoms with Crippen LogP contribution in [0.2, 0.25) is 0 Å². The fraction of sp³-hybridized carbons (Fsp3) is 0.565. The van der Waals surface area contributed by atoms with Gasteiger partial charge in [-0.2, -0.15) is 0 Å². The largest absolute Gasteiger partial charge is 0.460 e. The second kappa shape index (κ2) is 8.22. The van der Waals surface area contributed by atoms with E-state index in [1.165, 1.54) is 22.7 Å². The molecule has 2 aromatic heterocycles. The molecule has 2 atom stereocenters. The van der Waals surface area contributed by atoms with Gasteiger partial charge in [-0.25, -0.2) is 9.59 Å². The first-order valence-electron chi connectivity index (χ1n) is 10.6. The molecule has 1 amide bonds. The molecule has 1 spiro atoms. The summed E-state index contributed by atoms with van der Waals surface area (Å²) in [6, 6.07) is 7.16. The minimum atomic E-state index is -1.78. The molecule has 2 fully saturated rings. The highest BCUT2D eigenvalue weighted by molar-refractivity contribution is 7.12. The maximum atomic E-state index is 13.2. The number of hydrogen-bond acceptors (Lipinski definition) is 7. The zero-order valence-electron chi connectivity index (χ0n) is 18.1. The lowest BCUT2D eigenvalue weighted by Gasteiger charge is -2.28. The van der Waals surface area contributed by atoms with E-state index in [2.05, 4.69) is 0 Å². The van der Waals surface area contributed by atoms with E-state index in [0.717, 1.165) is 19.3 Å². The van der Waals surface area contributed by atoms with E-state index >= 15 is 0 Å². The Morgan fingerprint density at radius 2 is 1.77 bits per heavy atom. The number of esters is 1. The Morgan fingerprint density at radius 1 is 1.13 bits per heavy atom. The lowest BCUT2D eigenvalue weighted by atomic mass is 9.85. The van der Waals surface area contributed by atoms with Crippen LogP contribution < -0.4 is 0 Å². The van der Waals surface area contributed by atoms with Gasteiger partial charge >= 0.3 is 12.1 Å². The van der Waals surface area contributed by atoms with Crippen LogP contribution in [0.4, 0.5) is 4.79 Å². The summed E-state index contributed by atoms with van der Waals surface area (Å²) in [7, 11) is 0. The number of rotatable bonds is 4. The Labute approximate surface area is 190 Å². The Balaban J connectivity index is 1.42. The third kappa shape index (κ3) is 4.52. The van der Waals surface area contributed by atoms with Crippen LogP contribution in [0.3, 0.4) is 0 Å². The maximum absolute atomic E-state index is 13.2. The van der Waals surface area contributed by atoms with Crippen molar-refractivity contribution in [2.45, 2.75) is 63.8 Å². The molecule has 0 radical (unpaired) electrons. The minimum Gasteiger partial charge on any atom is -0.460 e. The van der Waals surface area contributed by atoms with E-state index in [1.54, 1.807) is 17.0 Å². The summed E-state index contributed by atoms with van der Waals surface area (Å²) in [5.74, 6) is -0.624. The van der Waals surface area contributed by atoms with Crippen molar-refractivity contribution in [3.8, 4) is 0 Å². The molecule has 1 saturated carbocycles. The van der Waals surface area contributed by atoms with Gasteiger partial charge in [0.05, 0.1) is 9.75 Å². The summed E-state index contributed by atoms with van der Waals surface area (Å²) in [6.07, 6.45) is 2.65. The van der Waals surface area contributed by atoms with Crippen LogP contribution in [0.1, 0.15) is 56.2 Å². The molecule has 6 nitrogen and oxygen atoms in total. The van der Waals surface area contributed by atoms with Crippen molar-refractivity contribution in [1.82, 2.24) is 4.90 Å². The molecule has 1 aliphatic carbocycles. The smallest absolute Gasteiger partial charge is 0.410 e. The third-order valence-corrected chi connectivity index (χ3v) is 8.03. The predicted molar refractivity (Wildman–Crippen MR) is 120 cm³/mol. The first-order chi connectivity index (χ1) is 14.6. The molecule has 0 bridgehead atoms. The number of nitrogens with zero attached hydrogens (tertiary/aromatic N) is 1. The third-order valence-electron chi connectivity index (χ3n) is 6.07. The molecule has 3 heterocycles. The van der Waals surface area contributed by atoms with Crippen molar-refractivity contribution < 1.29 is 24.2 Å². The molecule has 4 rings (SSSR count). The minimum absolute atomic E-state index is 0.0498. The van der Waals surface area contributed by atoms with Gasteiger partial charge in [-0.1, -0.05) is 12.1 Å². The fourth-order valence-electron chi connectivity index (χ4n) is 4.57. The Bertz CT molecular complexity index is 884. The van der Waals surface area contributed by atoms with Crippen LogP contribution in [-0.4, -0.2) is 46.9 Å². The molecule has 1 aliphatic heterocycles. The molecular weight excluding hydrogens is 434 g/mol. The Kier molecular flexibility index (Phi) is 5.91. The van der Waals surface area contributed by atoms with Crippen molar-refractivity contribution in [3.63, 3.8) is 0 Å². The topological polar surface area (TPSA) is 76.1 Å². The second-order valence-corrected chi connectivity index (χ2v) is 11.5. The number of carbonyl (C=O) groups is 2. The standard InChI is InChI=1S/C23H29NO5S2/c1-21(2,3)29-20(26)24-11-10-22(15-24)9-8-16(14-22)28-19(25)23(27,17-6-4-12-30-17)18-7-5-13-31-18/h4-7,12-13,16,27H,8-11,14-15H2,1-3H3. The average molecular weight is 464 g/mol. The molecule has 31 heavy (non-hydrogen) atoms. The SMILES string of the molecule is CC(C)(C)OC(=O)N1CCC2(CCC(OC(=O)C(O)(c3cccs3)c3cccs3)C2)C1. The molecule has 8 heteroatoms. The van der Waals surface area contributed by atoms with Gasteiger partial charge in [-0.05, 0) is 74.8 Å². The van der Waals surface area contributed by atoms with Gasteiger partial charge in [0.15, 0.2) is 0 Å². The van der Waals surface area contributed by atoms with Crippen molar-refractivity contribution >= 4 is 34.7 Å². The second-order valence-electron chi connectivity index (χ2n) is 9.59. The van der Waals surface area contributed by atoms with Crippen LogP contribution in [-0.2, 0) is 19.9 Å². The quantitative estimate of drug-likeness (QED) is 0.661. The number of ether oxygens (including phenoxy) is 2. The van der Waals surface area contributed by atoms with E-state index < -0.39 is 17.2 Å². The lowest BCUT2D eigenvalue weighted by molar-refractivity contribution is -0.167. The van der Waals surface area contributed by atoms with Gasteiger partial charge in [0.1, 0.15) is 11.7 Å². The molecule has 2 aromatic rings. The molecule has 1 N–H and O–H groups in total. The van der Waals surface area contributed by atoms with Crippen molar-refractivity contribution in [3.05, 3.63) is 44.8 Å². The van der Waals surface area contributed by atoms with Gasteiger partial charge in [-0.15, -0.1) is 22.7 Å². The zero-order chi connectivity index (χ0) is 22.3. The highest BCUT2D eigenvalue weighted by Crippen LogP contribution is 2.47. The average Bonchev–Trinajstić information content (AvgIpc) is 3.49. The van der Waals surface area contributed by atoms with E-state index in [1.807, 2.05) is 43.7 Å². The zero-order valence-corrected chi connectivity index (χ0v) is 19.8. The first-order valence-corrected chi connectivity index (χ1v) is 12.4. The van der Waals surface area contributed by atoms with E-state index in [-0.39, 0.29) is 17.6 Å². The molecule has 0 aromatic carbocycles. The number of aliphatic hydroxyl groups is 1. The molecule has 2 unspecified atom stereocenters. The molecule has 1 saturated heterocycles. The normalized spacial score (nSPS) is 24.0. The number of amides is 1. The van der Waals surface area contributed by atoms with Gasteiger partial charge in [-0.3, -0.25) is 0 Å².